The first-order valence-electron chi connectivity index (χ1n) is 12.5. The van der Waals surface area contributed by atoms with E-state index in [2.05, 4.69) is 41.1 Å². The van der Waals surface area contributed by atoms with Crippen molar-refractivity contribution in [3.05, 3.63) is 49.1 Å². The molecule has 0 saturated heterocycles. The molecular formula is C26H25N11O3. The fourth-order valence-corrected chi connectivity index (χ4v) is 4.20. The molecule has 14 nitrogen and oxygen atoms in total. The number of carbonyl (C=O) groups is 1. The van der Waals surface area contributed by atoms with E-state index in [4.69, 9.17) is 19.6 Å². The van der Waals surface area contributed by atoms with Gasteiger partial charge in [0.25, 0.3) is 0 Å². The van der Waals surface area contributed by atoms with Gasteiger partial charge in [-0.1, -0.05) is 0 Å². The van der Waals surface area contributed by atoms with Gasteiger partial charge in [0, 0.05) is 30.3 Å². The van der Waals surface area contributed by atoms with Gasteiger partial charge in [-0.25, -0.2) is 9.97 Å². The van der Waals surface area contributed by atoms with Crippen LogP contribution in [0.25, 0.3) is 45.2 Å². The third-order valence-electron chi connectivity index (χ3n) is 6.15. The molecule has 6 rings (SSSR count). The fourth-order valence-electron chi connectivity index (χ4n) is 4.20. The summed E-state index contributed by atoms with van der Waals surface area (Å²) in [6, 6.07) is 10.8. The van der Waals surface area contributed by atoms with Gasteiger partial charge >= 0.3 is 0 Å². The molecule has 1 amide bonds. The molecule has 0 aliphatic heterocycles. The number of fused-ring (bicyclic) bond motifs is 2. The molecule has 202 valence electrons. The monoisotopic (exact) mass is 539 g/mol. The van der Waals surface area contributed by atoms with E-state index < -0.39 is 0 Å². The lowest BCUT2D eigenvalue weighted by atomic mass is 10.1. The highest BCUT2D eigenvalue weighted by Gasteiger charge is 2.18. The lowest BCUT2D eigenvalue weighted by Gasteiger charge is -2.14. The number of nitrogens with zero attached hydrogens (tertiary/aromatic N) is 7. The van der Waals surface area contributed by atoms with E-state index in [0.717, 1.165) is 5.52 Å². The first kappa shape index (κ1) is 24.9. The third-order valence-corrected chi connectivity index (χ3v) is 6.15. The standard InChI is InChI=1S/C26H25N11O3/c1-14(2)37-11-29-21-22(28-8-7-27)33-26(34-23(21)37)32-19-9-15(3-5-17(19)30-12-38)24-35-36-25(40-24)16-4-6-18-20(10-16)39-13-31-18/h3-6,9-14H,7-8,27H2,1-2H3,(H,30,38)(H2,28,32,33,34). The van der Waals surface area contributed by atoms with E-state index in [9.17, 15) is 4.79 Å². The highest BCUT2D eigenvalue weighted by molar-refractivity contribution is 5.88. The number of hydrogen-bond donors (Lipinski definition) is 4. The van der Waals surface area contributed by atoms with Crippen LogP contribution >= 0.6 is 0 Å². The van der Waals surface area contributed by atoms with E-state index in [0.29, 0.717) is 76.4 Å². The Morgan fingerprint density at radius 2 is 1.82 bits per heavy atom. The second-order valence-corrected chi connectivity index (χ2v) is 9.12. The predicted octanol–water partition coefficient (Wildman–Crippen LogP) is 3.95. The van der Waals surface area contributed by atoms with Gasteiger partial charge in [-0.3, -0.25) is 4.79 Å². The van der Waals surface area contributed by atoms with Crippen LogP contribution in [0.3, 0.4) is 0 Å². The largest absolute Gasteiger partial charge is 0.443 e. The molecule has 0 aliphatic carbocycles. The molecule has 0 unspecified atom stereocenters. The minimum Gasteiger partial charge on any atom is -0.443 e. The summed E-state index contributed by atoms with van der Waals surface area (Å²) < 4.78 is 13.3. The molecule has 0 saturated carbocycles. The summed E-state index contributed by atoms with van der Waals surface area (Å²) in [5, 5.41) is 17.6. The van der Waals surface area contributed by atoms with E-state index in [-0.39, 0.29) is 11.9 Å². The summed E-state index contributed by atoms with van der Waals surface area (Å²) >= 11 is 0. The van der Waals surface area contributed by atoms with Crippen molar-refractivity contribution in [2.45, 2.75) is 19.9 Å². The molecule has 40 heavy (non-hydrogen) atoms. The Bertz CT molecular complexity index is 1820. The van der Waals surface area contributed by atoms with Crippen LogP contribution in [0, 0.1) is 0 Å². The Morgan fingerprint density at radius 3 is 2.60 bits per heavy atom. The Balaban J connectivity index is 1.37. The number of rotatable bonds is 10. The number of imidazole rings is 1. The van der Waals surface area contributed by atoms with Gasteiger partial charge in [-0.15, -0.1) is 10.2 Å². The van der Waals surface area contributed by atoms with Gasteiger partial charge in [-0.05, 0) is 50.2 Å². The van der Waals surface area contributed by atoms with Gasteiger partial charge in [0.1, 0.15) is 5.52 Å². The molecule has 5 N–H and O–H groups in total. The van der Waals surface area contributed by atoms with Crippen molar-refractivity contribution in [1.82, 2.24) is 34.7 Å². The molecule has 6 aromatic rings. The maximum atomic E-state index is 11.3. The average Bonchev–Trinajstić information content (AvgIpc) is 3.72. The lowest BCUT2D eigenvalue weighted by molar-refractivity contribution is -0.105. The van der Waals surface area contributed by atoms with Crippen molar-refractivity contribution >= 4 is 51.8 Å². The number of nitrogens with two attached hydrogens (primary N) is 1. The van der Waals surface area contributed by atoms with E-state index in [1.54, 1.807) is 30.6 Å². The molecular weight excluding hydrogens is 514 g/mol. The zero-order valence-corrected chi connectivity index (χ0v) is 21.6. The molecule has 0 spiro atoms. The summed E-state index contributed by atoms with van der Waals surface area (Å²) in [5.74, 6) is 1.45. The summed E-state index contributed by atoms with van der Waals surface area (Å²) in [6.07, 6.45) is 3.71. The first-order chi connectivity index (χ1) is 19.5. The summed E-state index contributed by atoms with van der Waals surface area (Å²) in [7, 11) is 0. The third kappa shape index (κ3) is 4.67. The zero-order valence-electron chi connectivity index (χ0n) is 21.6. The van der Waals surface area contributed by atoms with Gasteiger partial charge in [0.05, 0.1) is 17.7 Å². The molecule has 2 aromatic carbocycles. The Kier molecular flexibility index (Phi) is 6.49. The van der Waals surface area contributed by atoms with Gasteiger partial charge in [-0.2, -0.15) is 9.97 Å². The summed E-state index contributed by atoms with van der Waals surface area (Å²) in [6.45, 7) is 5.02. The maximum absolute atomic E-state index is 11.3. The highest BCUT2D eigenvalue weighted by atomic mass is 16.4. The first-order valence-corrected chi connectivity index (χ1v) is 12.5. The second-order valence-electron chi connectivity index (χ2n) is 9.12. The number of carbonyl (C=O) groups excluding carboxylic acids is 1. The number of anilines is 4. The molecule has 14 heteroatoms. The average molecular weight is 540 g/mol. The molecule has 0 bridgehead atoms. The van der Waals surface area contributed by atoms with Crippen molar-refractivity contribution < 1.29 is 13.6 Å². The second kappa shape index (κ2) is 10.4. The van der Waals surface area contributed by atoms with Crippen LogP contribution in [0.15, 0.2) is 58.0 Å². The van der Waals surface area contributed by atoms with Crippen molar-refractivity contribution in [2.24, 2.45) is 5.73 Å². The van der Waals surface area contributed by atoms with E-state index in [1.165, 1.54) is 6.39 Å². The quantitative estimate of drug-likeness (QED) is 0.184. The Morgan fingerprint density at radius 1 is 1.02 bits per heavy atom. The number of nitrogens with one attached hydrogen (secondary N) is 3. The van der Waals surface area contributed by atoms with E-state index in [1.807, 2.05) is 30.5 Å². The molecule has 0 aliphatic rings. The molecule has 0 radical (unpaired) electrons. The molecule has 0 fully saturated rings. The van der Waals surface area contributed by atoms with Crippen molar-refractivity contribution in [2.75, 3.05) is 29.0 Å². The number of aromatic nitrogens is 7. The smallest absolute Gasteiger partial charge is 0.248 e. The molecule has 0 atom stereocenters. The normalized spacial score (nSPS) is 11.4. The lowest BCUT2D eigenvalue weighted by Crippen LogP contribution is -2.15. The van der Waals surface area contributed by atoms with Crippen LogP contribution in [0.4, 0.5) is 23.1 Å². The minimum absolute atomic E-state index is 0.127. The number of amides is 1. The van der Waals surface area contributed by atoms with Gasteiger partial charge in [0.2, 0.25) is 24.1 Å². The van der Waals surface area contributed by atoms with Gasteiger partial charge < -0.3 is 35.1 Å². The number of hydrogen-bond acceptors (Lipinski definition) is 12. The summed E-state index contributed by atoms with van der Waals surface area (Å²) in [5.41, 5.74) is 10.7. The van der Waals surface area contributed by atoms with Gasteiger partial charge in [0.15, 0.2) is 29.0 Å². The Labute approximate surface area is 227 Å². The molecule has 4 heterocycles. The zero-order chi connectivity index (χ0) is 27.6. The number of benzene rings is 2. The number of oxazole rings is 1. The van der Waals surface area contributed by atoms with Crippen LogP contribution in [-0.2, 0) is 4.79 Å². The summed E-state index contributed by atoms with van der Waals surface area (Å²) in [4.78, 5) is 29.3. The highest BCUT2D eigenvalue weighted by Crippen LogP contribution is 2.33. The van der Waals surface area contributed by atoms with Crippen LogP contribution in [0.5, 0.6) is 0 Å². The van der Waals surface area contributed by atoms with E-state index >= 15 is 0 Å². The van der Waals surface area contributed by atoms with Crippen molar-refractivity contribution in [1.29, 1.82) is 0 Å². The fraction of sp³-hybridized carbons (Fsp3) is 0.192. The topological polar surface area (TPSA) is 188 Å². The van der Waals surface area contributed by atoms with Crippen molar-refractivity contribution in [3.63, 3.8) is 0 Å². The SMILES string of the molecule is CC(C)n1cnc2c(NCCN)nc(Nc3cc(-c4nnc(-c5ccc6ncoc6c5)o4)ccc3NC=O)nc21. The van der Waals surface area contributed by atoms with Crippen LogP contribution in [0.2, 0.25) is 0 Å². The maximum Gasteiger partial charge on any atom is 0.248 e. The Hall–Kier alpha value is -5.37. The minimum atomic E-state index is 0.127. The van der Waals surface area contributed by atoms with Crippen LogP contribution in [0.1, 0.15) is 19.9 Å². The predicted molar refractivity (Wildman–Crippen MR) is 149 cm³/mol. The van der Waals surface area contributed by atoms with Crippen LogP contribution in [-0.4, -0.2) is 54.2 Å². The van der Waals surface area contributed by atoms with Crippen molar-refractivity contribution in [3.8, 4) is 22.9 Å². The molecule has 4 aromatic heterocycles. The van der Waals surface area contributed by atoms with Crippen LogP contribution < -0.4 is 21.7 Å².